The maximum atomic E-state index is 11.2. The van der Waals surface area contributed by atoms with Gasteiger partial charge in [-0.2, -0.15) is 0 Å². The van der Waals surface area contributed by atoms with Crippen LogP contribution in [-0.2, 0) is 0 Å². The molecular weight excluding hydrogens is 224 g/mol. The number of hydrogen-bond donors (Lipinski definition) is 1. The molecule has 17 heavy (non-hydrogen) atoms. The smallest absolute Gasteiger partial charge is 0.412 e. The number of carboxylic acid groups (broad SMARTS) is 1. The summed E-state index contributed by atoms with van der Waals surface area (Å²) in [5, 5.41) is 19.8. The zero-order valence-electron chi connectivity index (χ0n) is 9.61. The van der Waals surface area contributed by atoms with Crippen molar-refractivity contribution in [3.63, 3.8) is 0 Å². The normalized spacial score (nSPS) is 13.8. The van der Waals surface area contributed by atoms with Gasteiger partial charge < -0.3 is 5.11 Å². The van der Waals surface area contributed by atoms with Gasteiger partial charge in [-0.25, -0.2) is 4.79 Å². The third-order valence-electron chi connectivity index (χ3n) is 2.68. The van der Waals surface area contributed by atoms with Crippen molar-refractivity contribution in [2.75, 3.05) is 4.90 Å². The van der Waals surface area contributed by atoms with Crippen molar-refractivity contribution in [2.45, 2.75) is 25.9 Å². The first kappa shape index (κ1) is 13.0. The molecule has 0 aliphatic carbocycles. The Hall–Kier alpha value is -2.11. The fourth-order valence-corrected chi connectivity index (χ4v) is 1.50. The number of benzene rings is 1. The van der Waals surface area contributed by atoms with E-state index in [1.807, 2.05) is 0 Å². The summed E-state index contributed by atoms with van der Waals surface area (Å²) >= 11 is 0. The SMILES string of the molecule is CC(C(C)[N+](=O)[O-])N(C(=O)O)c1ccccc1. The first-order chi connectivity index (χ1) is 7.95. The summed E-state index contributed by atoms with van der Waals surface area (Å²) in [5.74, 6) is 0. The molecule has 0 aromatic heterocycles. The fourth-order valence-electron chi connectivity index (χ4n) is 1.50. The zero-order valence-corrected chi connectivity index (χ0v) is 9.61. The second-order valence-electron chi connectivity index (χ2n) is 3.75. The lowest BCUT2D eigenvalue weighted by atomic mass is 10.1. The molecule has 2 atom stereocenters. The van der Waals surface area contributed by atoms with Gasteiger partial charge in [-0.1, -0.05) is 18.2 Å². The standard InChI is InChI=1S/C11H14N2O4/c1-8(9(2)13(16)17)12(11(14)15)10-6-4-3-5-7-10/h3-9H,1-2H3,(H,14,15). The summed E-state index contributed by atoms with van der Waals surface area (Å²) in [6, 6.07) is 6.65. The number of nitrogens with zero attached hydrogens (tertiary/aromatic N) is 2. The van der Waals surface area contributed by atoms with E-state index in [4.69, 9.17) is 5.11 Å². The van der Waals surface area contributed by atoms with E-state index in [2.05, 4.69) is 0 Å². The van der Waals surface area contributed by atoms with Gasteiger partial charge in [-0.05, 0) is 19.1 Å². The molecule has 0 spiro atoms. The summed E-state index contributed by atoms with van der Waals surface area (Å²) in [6.07, 6.45) is -1.20. The Balaban J connectivity index is 3.03. The van der Waals surface area contributed by atoms with Crippen LogP contribution in [0.3, 0.4) is 0 Å². The van der Waals surface area contributed by atoms with Gasteiger partial charge in [0.05, 0.1) is 0 Å². The van der Waals surface area contributed by atoms with Gasteiger partial charge in [0.2, 0.25) is 6.04 Å². The topological polar surface area (TPSA) is 83.7 Å². The van der Waals surface area contributed by atoms with Gasteiger partial charge in [-0.3, -0.25) is 15.0 Å². The summed E-state index contributed by atoms with van der Waals surface area (Å²) in [5.41, 5.74) is 0.432. The maximum absolute atomic E-state index is 11.2. The number of hydrogen-bond acceptors (Lipinski definition) is 3. The van der Waals surface area contributed by atoms with Crippen LogP contribution in [0.5, 0.6) is 0 Å². The number of carbonyl (C=O) groups is 1. The summed E-state index contributed by atoms with van der Waals surface area (Å²) in [6.45, 7) is 2.91. The van der Waals surface area contributed by atoms with Crippen LogP contribution in [0.25, 0.3) is 0 Å². The van der Waals surface area contributed by atoms with Crippen LogP contribution >= 0.6 is 0 Å². The van der Waals surface area contributed by atoms with E-state index in [-0.39, 0.29) is 0 Å². The number of para-hydroxylation sites is 1. The lowest BCUT2D eigenvalue weighted by Gasteiger charge is -2.26. The van der Waals surface area contributed by atoms with Gasteiger partial charge in [0.1, 0.15) is 6.04 Å². The van der Waals surface area contributed by atoms with Gasteiger partial charge in [0.15, 0.2) is 0 Å². The average Bonchev–Trinajstić information content (AvgIpc) is 2.28. The molecule has 6 nitrogen and oxygen atoms in total. The highest BCUT2D eigenvalue weighted by Crippen LogP contribution is 2.19. The molecule has 2 unspecified atom stereocenters. The van der Waals surface area contributed by atoms with E-state index in [9.17, 15) is 14.9 Å². The minimum absolute atomic E-state index is 0.432. The molecule has 6 heteroatoms. The highest BCUT2D eigenvalue weighted by atomic mass is 16.6. The molecular formula is C11H14N2O4. The van der Waals surface area contributed by atoms with Gasteiger partial charge in [0, 0.05) is 17.5 Å². The van der Waals surface area contributed by atoms with E-state index in [0.29, 0.717) is 5.69 Å². The Morgan fingerprint density at radius 1 is 1.35 bits per heavy atom. The van der Waals surface area contributed by atoms with Crippen molar-refractivity contribution in [1.82, 2.24) is 0 Å². The first-order valence-corrected chi connectivity index (χ1v) is 5.16. The van der Waals surface area contributed by atoms with Crippen molar-refractivity contribution >= 4 is 11.8 Å². The summed E-state index contributed by atoms with van der Waals surface area (Å²) in [7, 11) is 0. The Bertz CT molecular complexity index is 407. The molecule has 0 aliphatic rings. The molecule has 0 radical (unpaired) electrons. The molecule has 1 rings (SSSR count). The minimum atomic E-state index is -1.20. The van der Waals surface area contributed by atoms with Crippen LogP contribution < -0.4 is 4.90 Å². The molecule has 0 bridgehead atoms. The van der Waals surface area contributed by atoms with Gasteiger partial charge >= 0.3 is 6.09 Å². The largest absolute Gasteiger partial charge is 0.465 e. The Labute approximate surface area is 98.6 Å². The molecule has 0 fully saturated rings. The van der Waals surface area contributed by atoms with E-state index in [1.54, 1.807) is 30.3 Å². The Morgan fingerprint density at radius 3 is 2.29 bits per heavy atom. The van der Waals surface area contributed by atoms with Crippen molar-refractivity contribution in [3.8, 4) is 0 Å². The predicted octanol–water partition coefficient (Wildman–Crippen LogP) is 2.22. The van der Waals surface area contributed by atoms with E-state index >= 15 is 0 Å². The monoisotopic (exact) mass is 238 g/mol. The average molecular weight is 238 g/mol. The van der Waals surface area contributed by atoms with Crippen molar-refractivity contribution in [2.24, 2.45) is 0 Å². The van der Waals surface area contributed by atoms with Crippen LogP contribution in [0.2, 0.25) is 0 Å². The second-order valence-corrected chi connectivity index (χ2v) is 3.75. The van der Waals surface area contributed by atoms with E-state index in [1.165, 1.54) is 13.8 Å². The third kappa shape index (κ3) is 2.93. The number of nitro groups is 1. The highest BCUT2D eigenvalue weighted by molar-refractivity contribution is 5.86. The Kier molecular flexibility index (Phi) is 4.03. The number of rotatable bonds is 4. The molecule has 1 N–H and O–H groups in total. The molecule has 1 amide bonds. The van der Waals surface area contributed by atoms with Crippen LogP contribution in [0.1, 0.15) is 13.8 Å². The fraction of sp³-hybridized carbons (Fsp3) is 0.364. The molecule has 92 valence electrons. The quantitative estimate of drug-likeness (QED) is 0.644. The molecule has 0 saturated heterocycles. The molecule has 1 aromatic rings. The lowest BCUT2D eigenvalue weighted by molar-refractivity contribution is -0.520. The molecule has 0 heterocycles. The second kappa shape index (κ2) is 5.29. The van der Waals surface area contributed by atoms with Crippen LogP contribution in [0.4, 0.5) is 10.5 Å². The van der Waals surface area contributed by atoms with E-state index < -0.39 is 23.1 Å². The first-order valence-electron chi connectivity index (χ1n) is 5.16. The van der Waals surface area contributed by atoms with Crippen LogP contribution in [0, 0.1) is 10.1 Å². The minimum Gasteiger partial charge on any atom is -0.465 e. The maximum Gasteiger partial charge on any atom is 0.412 e. The van der Waals surface area contributed by atoms with E-state index in [0.717, 1.165) is 4.90 Å². The molecule has 0 saturated carbocycles. The lowest BCUT2D eigenvalue weighted by Crippen LogP contribution is -2.46. The van der Waals surface area contributed by atoms with Crippen LogP contribution in [-0.4, -0.2) is 28.2 Å². The van der Waals surface area contributed by atoms with Crippen molar-refractivity contribution < 1.29 is 14.8 Å². The molecule has 1 aromatic carbocycles. The zero-order chi connectivity index (χ0) is 13.0. The molecule has 0 aliphatic heterocycles. The predicted molar refractivity (Wildman–Crippen MR) is 62.9 cm³/mol. The van der Waals surface area contributed by atoms with Crippen LogP contribution in [0.15, 0.2) is 30.3 Å². The highest BCUT2D eigenvalue weighted by Gasteiger charge is 2.32. The van der Waals surface area contributed by atoms with Crippen molar-refractivity contribution in [3.05, 3.63) is 40.4 Å². The third-order valence-corrected chi connectivity index (χ3v) is 2.68. The summed E-state index contributed by atoms with van der Waals surface area (Å²) in [4.78, 5) is 22.4. The number of amides is 1. The van der Waals surface area contributed by atoms with Gasteiger partial charge in [-0.15, -0.1) is 0 Å². The van der Waals surface area contributed by atoms with Gasteiger partial charge in [0.25, 0.3) is 0 Å². The number of anilines is 1. The Morgan fingerprint density at radius 2 is 1.88 bits per heavy atom. The van der Waals surface area contributed by atoms with Crippen molar-refractivity contribution in [1.29, 1.82) is 0 Å². The summed E-state index contributed by atoms with van der Waals surface area (Å²) < 4.78 is 0.